The van der Waals surface area contributed by atoms with Crippen molar-refractivity contribution in [2.45, 2.75) is 51.5 Å². The molecule has 0 spiro atoms. The molecule has 0 heterocycles. The highest BCUT2D eigenvalue weighted by Crippen LogP contribution is 2.41. The molecule has 1 aromatic rings. The van der Waals surface area contributed by atoms with Crippen molar-refractivity contribution in [2.24, 2.45) is 5.73 Å². The van der Waals surface area contributed by atoms with Crippen molar-refractivity contribution in [3.63, 3.8) is 0 Å². The number of Topliss-reactive ketones (excluding diaryl/α,β-unsaturated/α-hetero) is 1. The van der Waals surface area contributed by atoms with Gasteiger partial charge in [0, 0.05) is 16.5 Å². The Kier molecular flexibility index (Phi) is 5.36. The molecule has 1 aromatic carbocycles. The van der Waals surface area contributed by atoms with Crippen LogP contribution in [0.25, 0.3) is 0 Å². The predicted molar refractivity (Wildman–Crippen MR) is 77.0 cm³/mol. The highest BCUT2D eigenvalue weighted by atomic mass is 35.5. The summed E-state index contributed by atoms with van der Waals surface area (Å²) in [6.45, 7) is 5.63. The standard InChI is InChI=1S/C13H16ClNO.C2H6/c1-9(16)12(8-13(15)6-7-13)10-2-4-11(14)5-3-10;1-2/h2-5,12H,6-8,15H2,1H3;1-2H3. The first-order valence-electron chi connectivity index (χ1n) is 6.55. The average molecular weight is 268 g/mol. The Morgan fingerprint density at radius 1 is 1.33 bits per heavy atom. The lowest BCUT2D eigenvalue weighted by atomic mass is 9.88. The number of rotatable bonds is 4. The van der Waals surface area contributed by atoms with Gasteiger partial charge in [-0.05, 0) is 43.9 Å². The van der Waals surface area contributed by atoms with Crippen LogP contribution in [0.3, 0.4) is 0 Å². The van der Waals surface area contributed by atoms with E-state index in [1.807, 2.05) is 38.1 Å². The quantitative estimate of drug-likeness (QED) is 0.898. The molecule has 1 atom stereocenters. The lowest BCUT2D eigenvalue weighted by molar-refractivity contribution is -0.118. The zero-order valence-corrected chi connectivity index (χ0v) is 12.1. The molecular formula is C15H22ClNO. The van der Waals surface area contributed by atoms with Crippen LogP contribution in [-0.2, 0) is 4.79 Å². The molecule has 3 heteroatoms. The van der Waals surface area contributed by atoms with Crippen molar-refractivity contribution < 1.29 is 4.79 Å². The van der Waals surface area contributed by atoms with Crippen LogP contribution in [0.4, 0.5) is 0 Å². The number of halogens is 1. The van der Waals surface area contributed by atoms with Crippen LogP contribution < -0.4 is 5.73 Å². The van der Waals surface area contributed by atoms with Gasteiger partial charge in [0.2, 0.25) is 0 Å². The minimum absolute atomic E-state index is 0.0789. The Balaban J connectivity index is 0.000000771. The van der Waals surface area contributed by atoms with Crippen LogP contribution in [0.1, 0.15) is 51.5 Å². The Morgan fingerprint density at radius 2 is 1.83 bits per heavy atom. The van der Waals surface area contributed by atoms with Gasteiger partial charge in [-0.3, -0.25) is 4.79 Å². The van der Waals surface area contributed by atoms with Gasteiger partial charge in [-0.25, -0.2) is 0 Å². The molecule has 0 aliphatic heterocycles. The minimum atomic E-state index is -0.101. The summed E-state index contributed by atoms with van der Waals surface area (Å²) in [5.74, 6) is 0.101. The minimum Gasteiger partial charge on any atom is -0.325 e. The van der Waals surface area contributed by atoms with E-state index in [1.54, 1.807) is 6.92 Å². The van der Waals surface area contributed by atoms with Crippen molar-refractivity contribution in [3.8, 4) is 0 Å². The highest BCUT2D eigenvalue weighted by molar-refractivity contribution is 6.30. The fourth-order valence-corrected chi connectivity index (χ4v) is 2.09. The molecule has 2 rings (SSSR count). The summed E-state index contributed by atoms with van der Waals surface area (Å²) < 4.78 is 0. The summed E-state index contributed by atoms with van der Waals surface area (Å²) in [6, 6.07) is 7.48. The van der Waals surface area contributed by atoms with Crippen LogP contribution in [-0.4, -0.2) is 11.3 Å². The van der Waals surface area contributed by atoms with Gasteiger partial charge in [0.25, 0.3) is 0 Å². The molecule has 1 unspecified atom stereocenters. The Labute approximate surface area is 115 Å². The number of hydrogen-bond acceptors (Lipinski definition) is 2. The van der Waals surface area contributed by atoms with Crippen molar-refractivity contribution in [2.75, 3.05) is 0 Å². The topological polar surface area (TPSA) is 43.1 Å². The average Bonchev–Trinajstić information content (AvgIpc) is 3.08. The summed E-state index contributed by atoms with van der Waals surface area (Å²) in [5.41, 5.74) is 6.99. The molecule has 0 radical (unpaired) electrons. The van der Waals surface area contributed by atoms with E-state index >= 15 is 0 Å². The van der Waals surface area contributed by atoms with Crippen molar-refractivity contribution in [3.05, 3.63) is 34.9 Å². The third-order valence-corrected chi connectivity index (χ3v) is 3.52. The maximum absolute atomic E-state index is 11.6. The molecule has 1 saturated carbocycles. The summed E-state index contributed by atoms with van der Waals surface area (Å²) in [4.78, 5) is 11.6. The molecular weight excluding hydrogens is 246 g/mol. The summed E-state index contributed by atoms with van der Waals surface area (Å²) in [7, 11) is 0. The van der Waals surface area contributed by atoms with Crippen molar-refractivity contribution in [1.82, 2.24) is 0 Å². The lowest BCUT2D eigenvalue weighted by Gasteiger charge is -2.18. The van der Waals surface area contributed by atoms with E-state index in [2.05, 4.69) is 0 Å². The number of nitrogens with two attached hydrogens (primary N) is 1. The molecule has 1 aliphatic carbocycles. The molecule has 0 amide bonds. The SMILES string of the molecule is CC.CC(=O)C(CC1(N)CC1)c1ccc(Cl)cc1. The molecule has 100 valence electrons. The van der Waals surface area contributed by atoms with E-state index in [1.165, 1.54) is 0 Å². The van der Waals surface area contributed by atoms with Crippen molar-refractivity contribution in [1.29, 1.82) is 0 Å². The first kappa shape index (κ1) is 15.2. The number of carbonyl (C=O) groups is 1. The molecule has 0 bridgehead atoms. The molecule has 0 aromatic heterocycles. The van der Waals surface area contributed by atoms with Gasteiger partial charge in [-0.1, -0.05) is 37.6 Å². The number of carbonyl (C=O) groups excluding carboxylic acids is 1. The molecule has 2 N–H and O–H groups in total. The third kappa shape index (κ3) is 4.11. The zero-order chi connectivity index (χ0) is 13.8. The van der Waals surface area contributed by atoms with Crippen LogP contribution in [0.5, 0.6) is 0 Å². The lowest BCUT2D eigenvalue weighted by Crippen LogP contribution is -2.27. The fourth-order valence-electron chi connectivity index (χ4n) is 1.96. The number of ketones is 1. The van der Waals surface area contributed by atoms with E-state index in [0.717, 1.165) is 24.8 Å². The largest absolute Gasteiger partial charge is 0.325 e. The Hall–Kier alpha value is -0.860. The zero-order valence-electron chi connectivity index (χ0n) is 11.4. The summed E-state index contributed by atoms with van der Waals surface area (Å²) in [6.07, 6.45) is 2.82. The highest BCUT2D eigenvalue weighted by Gasteiger charge is 2.41. The Morgan fingerprint density at radius 3 is 2.22 bits per heavy atom. The van der Waals surface area contributed by atoms with Crippen LogP contribution in [0.15, 0.2) is 24.3 Å². The number of hydrogen-bond donors (Lipinski definition) is 1. The van der Waals surface area contributed by atoms with Crippen LogP contribution in [0, 0.1) is 0 Å². The smallest absolute Gasteiger partial charge is 0.137 e. The van der Waals surface area contributed by atoms with E-state index in [4.69, 9.17) is 17.3 Å². The maximum Gasteiger partial charge on any atom is 0.137 e. The molecule has 1 fully saturated rings. The van der Waals surface area contributed by atoms with E-state index in [0.29, 0.717) is 5.02 Å². The fraction of sp³-hybridized carbons (Fsp3) is 0.533. The van der Waals surface area contributed by atoms with E-state index in [-0.39, 0.29) is 17.2 Å². The number of benzene rings is 1. The van der Waals surface area contributed by atoms with E-state index < -0.39 is 0 Å². The second-order valence-electron chi connectivity index (χ2n) is 4.78. The Bertz CT molecular complexity index is 395. The summed E-state index contributed by atoms with van der Waals surface area (Å²) in [5, 5.41) is 0.694. The van der Waals surface area contributed by atoms with Gasteiger partial charge in [0.15, 0.2) is 0 Å². The van der Waals surface area contributed by atoms with Gasteiger partial charge < -0.3 is 5.73 Å². The monoisotopic (exact) mass is 267 g/mol. The summed E-state index contributed by atoms with van der Waals surface area (Å²) >= 11 is 5.83. The van der Waals surface area contributed by atoms with Gasteiger partial charge in [0.1, 0.15) is 5.78 Å². The molecule has 2 nitrogen and oxygen atoms in total. The first-order chi connectivity index (χ1) is 8.50. The third-order valence-electron chi connectivity index (χ3n) is 3.27. The molecule has 18 heavy (non-hydrogen) atoms. The maximum atomic E-state index is 11.6. The second-order valence-corrected chi connectivity index (χ2v) is 5.22. The first-order valence-corrected chi connectivity index (χ1v) is 6.93. The van der Waals surface area contributed by atoms with Gasteiger partial charge in [0.05, 0.1) is 0 Å². The normalized spacial score (nSPS) is 17.4. The molecule has 0 saturated heterocycles. The van der Waals surface area contributed by atoms with E-state index in [9.17, 15) is 4.79 Å². The van der Waals surface area contributed by atoms with Gasteiger partial charge in [-0.2, -0.15) is 0 Å². The van der Waals surface area contributed by atoms with Crippen LogP contribution in [0.2, 0.25) is 5.02 Å². The second kappa shape index (κ2) is 6.35. The van der Waals surface area contributed by atoms with Crippen molar-refractivity contribution >= 4 is 17.4 Å². The van der Waals surface area contributed by atoms with Gasteiger partial charge in [-0.15, -0.1) is 0 Å². The molecule has 1 aliphatic rings. The van der Waals surface area contributed by atoms with Crippen LogP contribution >= 0.6 is 11.6 Å². The van der Waals surface area contributed by atoms with Gasteiger partial charge >= 0.3 is 0 Å². The predicted octanol–water partition coefficient (Wildman–Crippen LogP) is 3.92.